The van der Waals surface area contributed by atoms with Crippen LogP contribution in [0.3, 0.4) is 0 Å². The minimum atomic E-state index is -0.873. The number of benzene rings is 3. The first-order valence-electron chi connectivity index (χ1n) is 16.4. The number of aliphatic carboxylic acids is 2. The molecular weight excluding hydrogens is 602 g/mol. The Labute approximate surface area is 276 Å². The van der Waals surface area contributed by atoms with Gasteiger partial charge in [0.05, 0.1) is 13.2 Å². The normalized spacial score (nSPS) is 11.7. The summed E-state index contributed by atoms with van der Waals surface area (Å²) in [5.41, 5.74) is 4.29. The van der Waals surface area contributed by atoms with Gasteiger partial charge < -0.3 is 34.1 Å². The summed E-state index contributed by atoms with van der Waals surface area (Å²) in [5, 5.41) is 18.1. The summed E-state index contributed by atoms with van der Waals surface area (Å²) in [6.07, 6.45) is 5.23. The SMILES string of the molecule is CCN(CC)C(=O)c1cc(OCCCCCCc2cccc(OCCCC(=O)O)c2CCC(=O)O)cc(-c2ccc3c(c2)OCO3)c1. The number of rotatable bonds is 20. The number of hydrogen-bond donors (Lipinski definition) is 2. The lowest BCUT2D eigenvalue weighted by molar-refractivity contribution is -0.138. The van der Waals surface area contributed by atoms with E-state index in [2.05, 4.69) is 0 Å². The van der Waals surface area contributed by atoms with Crippen molar-refractivity contribution in [2.45, 2.75) is 71.6 Å². The molecule has 2 N–H and O–H groups in total. The van der Waals surface area contributed by atoms with Crippen LogP contribution in [0.25, 0.3) is 11.1 Å². The monoisotopic (exact) mass is 647 g/mol. The number of aryl methyl sites for hydroxylation is 1. The smallest absolute Gasteiger partial charge is 0.303 e. The van der Waals surface area contributed by atoms with E-state index in [0.717, 1.165) is 54.4 Å². The molecule has 47 heavy (non-hydrogen) atoms. The van der Waals surface area contributed by atoms with Crippen molar-refractivity contribution >= 4 is 17.8 Å². The first-order chi connectivity index (χ1) is 22.8. The molecule has 1 heterocycles. The quantitative estimate of drug-likeness (QED) is 0.124. The summed E-state index contributed by atoms with van der Waals surface area (Å²) in [4.78, 5) is 37.2. The number of ether oxygens (including phenoxy) is 4. The zero-order valence-electron chi connectivity index (χ0n) is 27.3. The van der Waals surface area contributed by atoms with Crippen molar-refractivity contribution in [2.75, 3.05) is 33.1 Å². The number of nitrogens with zero attached hydrogens (tertiary/aromatic N) is 1. The standard InChI is InChI=1S/C37H45NO9/c1-3-38(4-2)37(43)29-21-28(27-15-17-33-34(24-27)47-25-46-33)22-30(23-29)44-19-8-6-5-7-11-26-12-9-13-32(31(26)16-18-36(41)42)45-20-10-14-35(39)40/h9,12-13,15,17,21-24H,3-8,10-11,14,16,18-20,25H2,1-2H3,(H,39,40)(H,41,42). The largest absolute Gasteiger partial charge is 0.494 e. The van der Waals surface area contributed by atoms with Gasteiger partial charge in [0, 0.05) is 31.5 Å². The van der Waals surface area contributed by atoms with Crippen LogP contribution in [0.15, 0.2) is 54.6 Å². The highest BCUT2D eigenvalue weighted by Crippen LogP contribution is 2.37. The molecule has 0 spiro atoms. The van der Waals surface area contributed by atoms with E-state index in [1.54, 1.807) is 4.90 Å². The highest BCUT2D eigenvalue weighted by molar-refractivity contribution is 5.96. The van der Waals surface area contributed by atoms with E-state index in [1.165, 1.54) is 0 Å². The van der Waals surface area contributed by atoms with Crippen molar-refractivity contribution in [3.63, 3.8) is 0 Å². The van der Waals surface area contributed by atoms with E-state index in [4.69, 9.17) is 24.1 Å². The van der Waals surface area contributed by atoms with Crippen LogP contribution in [-0.2, 0) is 22.4 Å². The van der Waals surface area contributed by atoms with Gasteiger partial charge in [-0.3, -0.25) is 14.4 Å². The highest BCUT2D eigenvalue weighted by Gasteiger charge is 2.18. The van der Waals surface area contributed by atoms with Gasteiger partial charge in [-0.2, -0.15) is 0 Å². The fourth-order valence-electron chi connectivity index (χ4n) is 5.60. The Balaban J connectivity index is 1.33. The van der Waals surface area contributed by atoms with Crippen molar-refractivity contribution < 1.29 is 43.5 Å². The number of unbranched alkanes of at least 4 members (excludes halogenated alkanes) is 3. The minimum Gasteiger partial charge on any atom is -0.494 e. The van der Waals surface area contributed by atoms with Crippen LogP contribution in [0.5, 0.6) is 23.0 Å². The fourth-order valence-corrected chi connectivity index (χ4v) is 5.60. The lowest BCUT2D eigenvalue weighted by Gasteiger charge is -2.20. The molecule has 0 aliphatic carbocycles. The molecule has 10 heteroatoms. The molecule has 0 aromatic heterocycles. The van der Waals surface area contributed by atoms with Crippen LogP contribution in [0.1, 0.15) is 80.3 Å². The van der Waals surface area contributed by atoms with Gasteiger partial charge in [-0.1, -0.05) is 31.0 Å². The van der Waals surface area contributed by atoms with Crippen LogP contribution in [-0.4, -0.2) is 66.1 Å². The van der Waals surface area contributed by atoms with Crippen molar-refractivity contribution in [2.24, 2.45) is 0 Å². The van der Waals surface area contributed by atoms with Gasteiger partial charge in [0.2, 0.25) is 6.79 Å². The summed E-state index contributed by atoms with van der Waals surface area (Å²) in [6, 6.07) is 17.1. The van der Waals surface area contributed by atoms with Crippen LogP contribution < -0.4 is 18.9 Å². The Hall–Kier alpha value is -4.73. The topological polar surface area (TPSA) is 132 Å². The zero-order chi connectivity index (χ0) is 33.6. The molecule has 4 rings (SSSR count). The summed E-state index contributed by atoms with van der Waals surface area (Å²) in [5.74, 6) is 0.857. The van der Waals surface area contributed by atoms with Gasteiger partial charge in [0.25, 0.3) is 5.91 Å². The van der Waals surface area contributed by atoms with Crippen LogP contribution in [0.2, 0.25) is 0 Å². The van der Waals surface area contributed by atoms with Gasteiger partial charge >= 0.3 is 11.9 Å². The predicted molar refractivity (Wildman–Crippen MR) is 178 cm³/mol. The average Bonchev–Trinajstić information content (AvgIpc) is 3.54. The number of carbonyl (C=O) groups excluding carboxylic acids is 1. The Morgan fingerprint density at radius 3 is 2.26 bits per heavy atom. The molecule has 10 nitrogen and oxygen atoms in total. The molecular formula is C37H45NO9. The fraction of sp³-hybridized carbons (Fsp3) is 0.432. The van der Waals surface area contributed by atoms with Crippen LogP contribution in [0.4, 0.5) is 0 Å². The van der Waals surface area contributed by atoms with E-state index in [-0.39, 0.29) is 32.1 Å². The molecule has 0 radical (unpaired) electrons. The molecule has 0 bridgehead atoms. The number of fused-ring (bicyclic) bond motifs is 1. The molecule has 3 aromatic rings. The van der Waals surface area contributed by atoms with Crippen molar-refractivity contribution in [3.05, 3.63) is 71.3 Å². The predicted octanol–water partition coefficient (Wildman–Crippen LogP) is 7.01. The van der Waals surface area contributed by atoms with Crippen LogP contribution >= 0.6 is 0 Å². The number of amides is 1. The van der Waals surface area contributed by atoms with Gasteiger partial charge in [-0.05, 0) is 105 Å². The van der Waals surface area contributed by atoms with Crippen molar-refractivity contribution in [3.8, 4) is 34.1 Å². The summed E-state index contributed by atoms with van der Waals surface area (Å²) in [6.45, 7) is 6.12. The lowest BCUT2D eigenvalue weighted by Crippen LogP contribution is -2.30. The maximum Gasteiger partial charge on any atom is 0.303 e. The van der Waals surface area contributed by atoms with Crippen LogP contribution in [0, 0.1) is 0 Å². The molecule has 0 saturated carbocycles. The second-order valence-corrected chi connectivity index (χ2v) is 11.4. The molecule has 0 atom stereocenters. The van der Waals surface area contributed by atoms with E-state index < -0.39 is 11.9 Å². The highest BCUT2D eigenvalue weighted by atomic mass is 16.7. The zero-order valence-corrected chi connectivity index (χ0v) is 27.3. The summed E-state index contributed by atoms with van der Waals surface area (Å²) >= 11 is 0. The van der Waals surface area contributed by atoms with E-state index in [1.807, 2.05) is 68.4 Å². The molecule has 252 valence electrons. The lowest BCUT2D eigenvalue weighted by atomic mass is 9.97. The van der Waals surface area contributed by atoms with Gasteiger partial charge in [0.15, 0.2) is 11.5 Å². The third kappa shape index (κ3) is 10.4. The minimum absolute atomic E-state index is 0.00205. The van der Waals surface area contributed by atoms with Crippen molar-refractivity contribution in [1.29, 1.82) is 0 Å². The Kier molecular flexibility index (Phi) is 13.3. The number of carboxylic acid groups (broad SMARTS) is 2. The van der Waals surface area contributed by atoms with E-state index in [9.17, 15) is 19.5 Å². The average molecular weight is 648 g/mol. The molecule has 1 aliphatic heterocycles. The first kappa shape index (κ1) is 35.1. The third-order valence-electron chi connectivity index (χ3n) is 8.13. The van der Waals surface area contributed by atoms with Crippen molar-refractivity contribution in [1.82, 2.24) is 4.90 Å². The van der Waals surface area contributed by atoms with E-state index in [0.29, 0.717) is 61.1 Å². The second-order valence-electron chi connectivity index (χ2n) is 11.4. The Morgan fingerprint density at radius 2 is 1.49 bits per heavy atom. The molecule has 1 amide bonds. The maximum atomic E-state index is 13.3. The second kappa shape index (κ2) is 17.8. The number of carboxylic acids is 2. The van der Waals surface area contributed by atoms with Gasteiger partial charge in [0.1, 0.15) is 11.5 Å². The van der Waals surface area contributed by atoms with Gasteiger partial charge in [-0.15, -0.1) is 0 Å². The first-order valence-corrected chi connectivity index (χ1v) is 16.4. The summed E-state index contributed by atoms with van der Waals surface area (Å²) < 4.78 is 23.1. The Bertz CT molecular complexity index is 1520. The maximum absolute atomic E-state index is 13.3. The number of carbonyl (C=O) groups is 3. The molecule has 0 unspecified atom stereocenters. The molecule has 3 aromatic carbocycles. The number of hydrogen-bond acceptors (Lipinski definition) is 7. The third-order valence-corrected chi connectivity index (χ3v) is 8.13. The molecule has 0 fully saturated rings. The Morgan fingerprint density at radius 1 is 0.745 bits per heavy atom. The molecule has 0 saturated heterocycles. The van der Waals surface area contributed by atoms with E-state index >= 15 is 0 Å². The summed E-state index contributed by atoms with van der Waals surface area (Å²) in [7, 11) is 0. The molecule has 1 aliphatic rings. The van der Waals surface area contributed by atoms with Gasteiger partial charge in [-0.25, -0.2) is 0 Å².